The minimum atomic E-state index is -3.70. The van der Waals surface area contributed by atoms with Crippen LogP contribution in [0.1, 0.15) is 23.2 Å². The number of nitrogens with zero attached hydrogens (tertiary/aromatic N) is 2. The van der Waals surface area contributed by atoms with Gasteiger partial charge in [0, 0.05) is 32.0 Å². The Bertz CT molecular complexity index is 623. The van der Waals surface area contributed by atoms with Gasteiger partial charge in [-0.15, -0.1) is 0 Å². The maximum absolute atomic E-state index is 12.4. The summed E-state index contributed by atoms with van der Waals surface area (Å²) in [4.78, 5) is 18.0. The summed E-state index contributed by atoms with van der Waals surface area (Å²) in [5.74, 6) is -0.148. The minimum absolute atomic E-state index is 0.0384. The van der Waals surface area contributed by atoms with Crippen molar-refractivity contribution in [2.75, 3.05) is 19.6 Å². The van der Waals surface area contributed by atoms with E-state index in [-0.39, 0.29) is 18.4 Å². The monoisotopic (exact) mass is 332 g/mol. The van der Waals surface area contributed by atoms with Crippen LogP contribution in [-0.2, 0) is 10.2 Å². The van der Waals surface area contributed by atoms with Crippen LogP contribution < -0.4 is 9.86 Å². The zero-order valence-electron chi connectivity index (χ0n) is 11.3. The number of halogens is 1. The van der Waals surface area contributed by atoms with E-state index in [1.807, 2.05) is 0 Å². The fourth-order valence-electron chi connectivity index (χ4n) is 2.36. The van der Waals surface area contributed by atoms with E-state index in [1.54, 1.807) is 11.0 Å². The predicted molar refractivity (Wildman–Crippen MR) is 79.0 cm³/mol. The normalized spacial score (nSPS) is 19.5. The minimum Gasteiger partial charge on any atom is -0.338 e. The van der Waals surface area contributed by atoms with Crippen molar-refractivity contribution in [3.8, 4) is 0 Å². The van der Waals surface area contributed by atoms with Crippen LogP contribution in [0.5, 0.6) is 0 Å². The number of rotatable bonds is 4. The molecule has 0 bridgehead atoms. The van der Waals surface area contributed by atoms with Gasteiger partial charge in [0.2, 0.25) is 0 Å². The lowest BCUT2D eigenvalue weighted by Crippen LogP contribution is -2.44. The molecule has 9 heteroatoms. The van der Waals surface area contributed by atoms with E-state index in [9.17, 15) is 13.2 Å². The van der Waals surface area contributed by atoms with Crippen molar-refractivity contribution in [3.05, 3.63) is 29.0 Å². The summed E-state index contributed by atoms with van der Waals surface area (Å²) in [7, 11) is -3.70. The average molecular weight is 333 g/mol. The van der Waals surface area contributed by atoms with Gasteiger partial charge in [-0.1, -0.05) is 11.6 Å². The number of carbonyl (C=O) groups is 1. The van der Waals surface area contributed by atoms with E-state index in [0.29, 0.717) is 23.7 Å². The smallest absolute Gasteiger partial charge is 0.274 e. The highest BCUT2D eigenvalue weighted by Gasteiger charge is 2.26. The number of nitrogens with one attached hydrogen (secondary N) is 1. The number of hydrogen-bond acceptors (Lipinski definition) is 4. The molecular weight excluding hydrogens is 316 g/mol. The first-order chi connectivity index (χ1) is 9.87. The molecule has 1 saturated heterocycles. The van der Waals surface area contributed by atoms with Gasteiger partial charge in [-0.25, -0.2) is 9.86 Å². The summed E-state index contributed by atoms with van der Waals surface area (Å²) in [6.45, 7) is 1.31. The molecule has 0 aromatic carbocycles. The highest BCUT2D eigenvalue weighted by Crippen LogP contribution is 2.21. The Balaban J connectivity index is 2.01. The molecule has 1 aromatic rings. The van der Waals surface area contributed by atoms with Crippen molar-refractivity contribution in [1.29, 1.82) is 0 Å². The zero-order valence-corrected chi connectivity index (χ0v) is 12.9. The molecule has 1 aliphatic heterocycles. The van der Waals surface area contributed by atoms with E-state index >= 15 is 0 Å². The number of nitrogens with two attached hydrogens (primary N) is 1. The van der Waals surface area contributed by atoms with Gasteiger partial charge in [-0.2, -0.15) is 8.42 Å². The Morgan fingerprint density at radius 2 is 2.33 bits per heavy atom. The number of carbonyl (C=O) groups excluding carboxylic acids is 1. The first-order valence-electron chi connectivity index (χ1n) is 6.53. The Morgan fingerprint density at radius 3 is 3.00 bits per heavy atom. The molecule has 0 spiro atoms. The van der Waals surface area contributed by atoms with Gasteiger partial charge in [0.15, 0.2) is 0 Å². The molecule has 0 saturated carbocycles. The summed E-state index contributed by atoms with van der Waals surface area (Å²) >= 11 is 6.00. The summed E-state index contributed by atoms with van der Waals surface area (Å²) in [6.07, 6.45) is 4.61. The van der Waals surface area contributed by atoms with Crippen LogP contribution in [0.4, 0.5) is 0 Å². The maximum Gasteiger partial charge on any atom is 0.274 e. The van der Waals surface area contributed by atoms with Gasteiger partial charge in [0.25, 0.3) is 16.1 Å². The van der Waals surface area contributed by atoms with E-state index in [4.69, 9.17) is 16.7 Å². The lowest BCUT2D eigenvalue weighted by molar-refractivity contribution is 0.0676. The molecule has 1 atom stereocenters. The molecule has 2 heterocycles. The summed E-state index contributed by atoms with van der Waals surface area (Å²) in [6, 6.07) is 1.57. The molecule has 1 unspecified atom stereocenters. The van der Waals surface area contributed by atoms with Gasteiger partial charge in [0.05, 0.1) is 10.6 Å². The molecule has 2 rings (SSSR count). The quantitative estimate of drug-likeness (QED) is 0.831. The van der Waals surface area contributed by atoms with Crippen LogP contribution in [0.25, 0.3) is 0 Å². The molecule has 1 aliphatic rings. The van der Waals surface area contributed by atoms with Crippen LogP contribution in [-0.4, -0.2) is 43.8 Å². The fraction of sp³-hybridized carbons (Fsp3) is 0.500. The third-order valence-electron chi connectivity index (χ3n) is 3.38. The van der Waals surface area contributed by atoms with E-state index in [1.165, 1.54) is 12.4 Å². The molecule has 0 radical (unpaired) electrons. The maximum atomic E-state index is 12.4. The Morgan fingerprint density at radius 1 is 1.57 bits per heavy atom. The van der Waals surface area contributed by atoms with Crippen molar-refractivity contribution in [3.63, 3.8) is 0 Å². The fourth-order valence-corrected chi connectivity index (χ4v) is 3.01. The highest BCUT2D eigenvalue weighted by molar-refractivity contribution is 7.87. The molecule has 7 nitrogen and oxygen atoms in total. The first-order valence-corrected chi connectivity index (χ1v) is 8.45. The average Bonchev–Trinajstić information content (AvgIpc) is 2.44. The van der Waals surface area contributed by atoms with Crippen LogP contribution in [0.2, 0.25) is 5.02 Å². The second-order valence-corrected chi connectivity index (χ2v) is 6.79. The molecule has 0 aliphatic carbocycles. The molecular formula is C12H17ClN4O3S. The third-order valence-corrected chi connectivity index (χ3v) is 4.28. The van der Waals surface area contributed by atoms with E-state index < -0.39 is 10.2 Å². The first kappa shape index (κ1) is 16.2. The molecule has 1 aromatic heterocycles. The lowest BCUT2D eigenvalue weighted by atomic mass is 9.98. The van der Waals surface area contributed by atoms with E-state index in [0.717, 1.165) is 12.8 Å². The number of piperidine rings is 1. The van der Waals surface area contributed by atoms with Crippen LogP contribution in [0.15, 0.2) is 18.5 Å². The molecule has 3 N–H and O–H groups in total. The Kier molecular flexibility index (Phi) is 5.15. The number of amides is 1. The largest absolute Gasteiger partial charge is 0.338 e. The number of likely N-dealkylation sites (tertiary alicyclic amines) is 1. The van der Waals surface area contributed by atoms with Gasteiger partial charge in [-0.3, -0.25) is 9.78 Å². The van der Waals surface area contributed by atoms with Crippen molar-refractivity contribution in [2.45, 2.75) is 12.8 Å². The molecule has 116 valence electrons. The summed E-state index contributed by atoms with van der Waals surface area (Å²) in [5.41, 5.74) is 0.360. The standard InChI is InChI=1S/C12H17ClN4O3S/c13-11-3-4-15-7-10(11)12(18)17-5-1-2-9(8-17)6-16-21(14,19)20/h3-4,7,9,16H,1-2,5-6,8H2,(H2,14,19,20). The highest BCUT2D eigenvalue weighted by atomic mass is 35.5. The predicted octanol–water partition coefficient (Wildman–Crippen LogP) is 0.380. The van der Waals surface area contributed by atoms with E-state index in [2.05, 4.69) is 9.71 Å². The molecule has 1 amide bonds. The Labute approximate surface area is 128 Å². The van der Waals surface area contributed by atoms with Crippen molar-refractivity contribution in [2.24, 2.45) is 11.1 Å². The van der Waals surface area contributed by atoms with Gasteiger partial charge < -0.3 is 4.90 Å². The van der Waals surface area contributed by atoms with Crippen molar-refractivity contribution in [1.82, 2.24) is 14.6 Å². The van der Waals surface area contributed by atoms with Crippen LogP contribution >= 0.6 is 11.6 Å². The summed E-state index contributed by atoms with van der Waals surface area (Å²) in [5, 5.41) is 5.27. The summed E-state index contributed by atoms with van der Waals surface area (Å²) < 4.78 is 24.1. The number of aromatic nitrogens is 1. The van der Waals surface area contributed by atoms with Crippen LogP contribution in [0, 0.1) is 5.92 Å². The second-order valence-electron chi connectivity index (χ2n) is 5.01. The topological polar surface area (TPSA) is 105 Å². The van der Waals surface area contributed by atoms with Gasteiger partial charge in [-0.05, 0) is 24.8 Å². The SMILES string of the molecule is NS(=O)(=O)NCC1CCCN(C(=O)c2cnccc2Cl)C1. The lowest BCUT2D eigenvalue weighted by Gasteiger charge is -2.32. The zero-order chi connectivity index (χ0) is 15.5. The van der Waals surface area contributed by atoms with Gasteiger partial charge in [0.1, 0.15) is 0 Å². The second kappa shape index (κ2) is 6.69. The van der Waals surface area contributed by atoms with Gasteiger partial charge >= 0.3 is 0 Å². The molecule has 1 fully saturated rings. The number of pyridine rings is 1. The van der Waals surface area contributed by atoms with Crippen molar-refractivity contribution >= 4 is 27.7 Å². The number of hydrogen-bond donors (Lipinski definition) is 2. The molecule has 21 heavy (non-hydrogen) atoms. The van der Waals surface area contributed by atoms with Crippen LogP contribution in [0.3, 0.4) is 0 Å². The Hall–Kier alpha value is -1.22. The third kappa shape index (κ3) is 4.63. The van der Waals surface area contributed by atoms with Crippen molar-refractivity contribution < 1.29 is 13.2 Å².